The van der Waals surface area contributed by atoms with Crippen molar-refractivity contribution < 1.29 is 14.7 Å². The van der Waals surface area contributed by atoms with Gasteiger partial charge in [0.2, 0.25) is 5.88 Å². The first kappa shape index (κ1) is 21.8. The molecule has 1 aromatic heterocycles. The van der Waals surface area contributed by atoms with Gasteiger partial charge in [-0.1, -0.05) is 50.2 Å². The Kier molecular flexibility index (Phi) is 5.48. The molecule has 0 radical (unpaired) electrons. The molecule has 164 valence electrons. The van der Waals surface area contributed by atoms with Gasteiger partial charge in [0.25, 0.3) is 5.56 Å². The molecule has 4 rings (SSSR count). The number of fused-ring (bicyclic) bond motifs is 2. The van der Waals surface area contributed by atoms with Crippen LogP contribution in [-0.4, -0.2) is 21.2 Å². The Morgan fingerprint density at radius 1 is 0.970 bits per heavy atom. The van der Waals surface area contributed by atoms with Crippen LogP contribution >= 0.6 is 0 Å². The first-order chi connectivity index (χ1) is 15.8. The summed E-state index contributed by atoms with van der Waals surface area (Å²) in [5.74, 6) is -1.03. The summed E-state index contributed by atoms with van der Waals surface area (Å²) in [7, 11) is 0. The van der Waals surface area contributed by atoms with Gasteiger partial charge in [0, 0.05) is 28.8 Å². The zero-order chi connectivity index (χ0) is 23.9. The number of nitriles is 1. The molecular weight excluding hydrogens is 420 g/mol. The summed E-state index contributed by atoms with van der Waals surface area (Å²) < 4.78 is 1.09. The van der Waals surface area contributed by atoms with Crippen molar-refractivity contribution in [2.75, 3.05) is 0 Å². The van der Waals surface area contributed by atoms with E-state index >= 15 is 0 Å². The Bertz CT molecular complexity index is 1460. The molecule has 1 aliphatic carbocycles. The lowest BCUT2D eigenvalue weighted by Gasteiger charge is -2.18. The Morgan fingerprint density at radius 3 is 2.24 bits per heavy atom. The molecule has 3 aromatic rings. The number of ketones is 2. The predicted octanol–water partition coefficient (Wildman–Crippen LogP) is 4.58. The summed E-state index contributed by atoms with van der Waals surface area (Å²) in [6, 6.07) is 13.2. The normalized spacial score (nSPS) is 12.7. The first-order valence-electron chi connectivity index (χ1n) is 10.4. The van der Waals surface area contributed by atoms with E-state index in [1.54, 1.807) is 36.4 Å². The van der Waals surface area contributed by atoms with Crippen LogP contribution in [0.5, 0.6) is 5.88 Å². The van der Waals surface area contributed by atoms with Crippen molar-refractivity contribution in [1.29, 1.82) is 5.26 Å². The van der Waals surface area contributed by atoms with Crippen LogP contribution in [-0.2, 0) is 6.54 Å². The lowest BCUT2D eigenvalue weighted by atomic mass is 9.83. The topological polar surface area (TPSA) is 125 Å². The summed E-state index contributed by atoms with van der Waals surface area (Å²) in [6.07, 6.45) is 0. The smallest absolute Gasteiger partial charge is 0.281 e. The number of benzene rings is 2. The average Bonchev–Trinajstić information content (AvgIpc) is 2.80. The maximum absolute atomic E-state index is 13.1. The number of nitrogens with zero attached hydrogens (tertiary/aromatic N) is 4. The van der Waals surface area contributed by atoms with E-state index < -0.39 is 11.4 Å². The molecule has 0 unspecified atom stereocenters. The molecule has 0 saturated carbocycles. The summed E-state index contributed by atoms with van der Waals surface area (Å²) in [4.78, 5) is 39.1. The second-order valence-corrected chi connectivity index (χ2v) is 8.20. The van der Waals surface area contributed by atoms with Gasteiger partial charge in [-0.25, -0.2) is 0 Å². The molecule has 0 aliphatic heterocycles. The molecule has 33 heavy (non-hydrogen) atoms. The van der Waals surface area contributed by atoms with E-state index in [0.29, 0.717) is 5.56 Å². The van der Waals surface area contributed by atoms with Crippen molar-refractivity contribution >= 4 is 22.9 Å². The number of hydrogen-bond acceptors (Lipinski definition) is 7. The molecule has 1 heterocycles. The number of carbonyl (C=O) groups excluding carboxylic acids is 2. The van der Waals surface area contributed by atoms with Gasteiger partial charge in [-0.15, -0.1) is 10.2 Å². The van der Waals surface area contributed by atoms with E-state index in [2.05, 4.69) is 10.2 Å². The highest BCUT2D eigenvalue weighted by atomic mass is 16.3. The molecule has 1 N–H and O–H groups in total. The van der Waals surface area contributed by atoms with Crippen LogP contribution in [0.4, 0.5) is 11.4 Å². The Hall–Kier alpha value is -4.38. The van der Waals surface area contributed by atoms with Crippen LogP contribution in [0.3, 0.4) is 0 Å². The average molecular weight is 440 g/mol. The van der Waals surface area contributed by atoms with Crippen LogP contribution in [0, 0.1) is 24.2 Å². The van der Waals surface area contributed by atoms with E-state index in [0.717, 1.165) is 4.57 Å². The van der Waals surface area contributed by atoms with Gasteiger partial charge < -0.3 is 5.11 Å². The molecule has 1 aliphatic rings. The van der Waals surface area contributed by atoms with Gasteiger partial charge in [-0.3, -0.25) is 19.0 Å². The lowest BCUT2D eigenvalue weighted by molar-refractivity contribution is 0.0979. The number of rotatable bonds is 4. The second-order valence-electron chi connectivity index (χ2n) is 8.20. The SMILES string of the molecule is Cc1c(C#N)c(O)n(CC(C)C)c(=O)c1N=Nc1cccc2c1C(=O)c1ccccc1C2=O. The molecule has 0 amide bonds. The molecule has 0 fully saturated rings. The fourth-order valence-electron chi connectivity index (χ4n) is 3.91. The highest BCUT2D eigenvalue weighted by molar-refractivity contribution is 6.29. The van der Waals surface area contributed by atoms with Crippen molar-refractivity contribution in [3.8, 4) is 11.9 Å². The Labute approximate surface area is 189 Å². The lowest BCUT2D eigenvalue weighted by Crippen LogP contribution is -2.24. The molecule has 0 saturated heterocycles. The van der Waals surface area contributed by atoms with Crippen molar-refractivity contribution in [3.63, 3.8) is 0 Å². The number of azo groups is 1. The van der Waals surface area contributed by atoms with Crippen LogP contribution in [0.25, 0.3) is 0 Å². The maximum Gasteiger partial charge on any atom is 0.281 e. The van der Waals surface area contributed by atoms with Crippen LogP contribution in [0.15, 0.2) is 57.5 Å². The third-order valence-corrected chi connectivity index (χ3v) is 5.50. The standard InChI is InChI=1S/C25H20N4O4/c1-13(2)12-29-24(32)18(11-26)14(3)21(25(29)33)28-27-19-10-6-9-17-20(19)23(31)16-8-5-4-7-15(16)22(17)30/h4-10,13,32H,12H2,1-3H3. The van der Waals surface area contributed by atoms with Gasteiger partial charge >= 0.3 is 0 Å². The minimum absolute atomic E-state index is 0.0254. The van der Waals surface area contributed by atoms with Crippen molar-refractivity contribution in [3.05, 3.63) is 86.2 Å². The van der Waals surface area contributed by atoms with E-state index in [9.17, 15) is 24.8 Å². The Balaban J connectivity index is 1.88. The predicted molar refractivity (Wildman–Crippen MR) is 121 cm³/mol. The largest absolute Gasteiger partial charge is 0.493 e. The summed E-state index contributed by atoms with van der Waals surface area (Å²) >= 11 is 0. The summed E-state index contributed by atoms with van der Waals surface area (Å²) in [5.41, 5.74) is 0.480. The summed E-state index contributed by atoms with van der Waals surface area (Å²) in [6.45, 7) is 5.43. The molecule has 8 heteroatoms. The zero-order valence-corrected chi connectivity index (χ0v) is 18.3. The van der Waals surface area contributed by atoms with Crippen LogP contribution in [0.1, 0.15) is 56.8 Å². The quantitative estimate of drug-likeness (QED) is 0.465. The molecule has 2 aromatic carbocycles. The monoisotopic (exact) mass is 440 g/mol. The number of aromatic hydroxyl groups is 1. The Morgan fingerprint density at radius 2 is 1.61 bits per heavy atom. The van der Waals surface area contributed by atoms with Gasteiger partial charge in [-0.05, 0) is 18.9 Å². The van der Waals surface area contributed by atoms with E-state index in [-0.39, 0.29) is 63.2 Å². The second kappa shape index (κ2) is 8.28. The molecule has 0 atom stereocenters. The molecule has 0 bridgehead atoms. The van der Waals surface area contributed by atoms with Gasteiger partial charge in [0.15, 0.2) is 17.3 Å². The fourth-order valence-corrected chi connectivity index (χ4v) is 3.91. The zero-order valence-electron chi connectivity index (χ0n) is 18.3. The minimum Gasteiger partial charge on any atom is -0.493 e. The van der Waals surface area contributed by atoms with Crippen molar-refractivity contribution in [2.45, 2.75) is 27.3 Å². The maximum atomic E-state index is 13.1. The number of hydrogen-bond donors (Lipinski definition) is 1. The van der Waals surface area contributed by atoms with Gasteiger partial charge in [0.1, 0.15) is 11.6 Å². The molecule has 0 spiro atoms. The van der Waals surface area contributed by atoms with Crippen LogP contribution in [0.2, 0.25) is 0 Å². The molecular formula is C25H20N4O4. The third kappa shape index (κ3) is 3.53. The van der Waals surface area contributed by atoms with E-state index in [1.807, 2.05) is 19.9 Å². The highest BCUT2D eigenvalue weighted by Crippen LogP contribution is 2.34. The van der Waals surface area contributed by atoms with Gasteiger partial charge in [0.05, 0.1) is 11.3 Å². The fraction of sp³-hybridized carbons (Fsp3) is 0.200. The van der Waals surface area contributed by atoms with E-state index in [4.69, 9.17) is 0 Å². The van der Waals surface area contributed by atoms with Crippen molar-refractivity contribution in [1.82, 2.24) is 4.57 Å². The number of aromatic nitrogens is 1. The third-order valence-electron chi connectivity index (χ3n) is 5.50. The number of carbonyl (C=O) groups is 2. The first-order valence-corrected chi connectivity index (χ1v) is 10.4. The molecule has 8 nitrogen and oxygen atoms in total. The number of pyridine rings is 1. The van der Waals surface area contributed by atoms with Crippen LogP contribution < -0.4 is 5.56 Å². The summed E-state index contributed by atoms with van der Waals surface area (Å²) in [5, 5.41) is 28.1. The minimum atomic E-state index is -0.598. The van der Waals surface area contributed by atoms with E-state index in [1.165, 1.54) is 13.0 Å². The highest BCUT2D eigenvalue weighted by Gasteiger charge is 2.31. The van der Waals surface area contributed by atoms with Gasteiger partial charge in [-0.2, -0.15) is 5.26 Å². The van der Waals surface area contributed by atoms with Crippen molar-refractivity contribution in [2.24, 2.45) is 16.1 Å².